The van der Waals surface area contributed by atoms with Gasteiger partial charge in [0.1, 0.15) is 0 Å². The normalized spacial score (nSPS) is 10.7. The van der Waals surface area contributed by atoms with E-state index in [1.807, 2.05) is 25.1 Å². The summed E-state index contributed by atoms with van der Waals surface area (Å²) in [5, 5.41) is 4.00. The third-order valence-corrected chi connectivity index (χ3v) is 3.64. The van der Waals surface area contributed by atoms with Crippen LogP contribution >= 0.6 is 15.9 Å². The first-order valence-electron chi connectivity index (χ1n) is 5.95. The van der Waals surface area contributed by atoms with Crippen LogP contribution in [-0.4, -0.2) is 15.1 Å². The Hall–Kier alpha value is -2.21. The smallest absolute Gasteiger partial charge is 0.258 e. The molecule has 2 heterocycles. The van der Waals surface area contributed by atoms with Crippen molar-refractivity contribution in [2.75, 3.05) is 5.73 Å². The molecule has 6 heteroatoms. The number of nitrogen functional groups attached to an aromatic ring is 1. The van der Waals surface area contributed by atoms with Crippen LogP contribution in [0.1, 0.15) is 5.56 Å². The molecule has 0 unspecified atom stereocenters. The summed E-state index contributed by atoms with van der Waals surface area (Å²) in [6.45, 7) is 1.98. The Labute approximate surface area is 124 Å². The highest BCUT2D eigenvalue weighted by Gasteiger charge is 2.13. The molecule has 0 aliphatic heterocycles. The predicted octanol–water partition coefficient (Wildman–Crippen LogP) is 3.45. The number of hydrogen-bond donors (Lipinski definition) is 1. The highest BCUT2D eigenvalue weighted by molar-refractivity contribution is 9.10. The standard InChI is InChI=1S/C14H11BrN4O/c1-8-4-5-17-7-10(8)13-18-14(20-19-13)9-2-3-12(16)11(15)6-9/h2-7H,16H2,1H3. The van der Waals surface area contributed by atoms with E-state index in [1.54, 1.807) is 18.5 Å². The molecule has 1 aromatic carbocycles. The van der Waals surface area contributed by atoms with Crippen molar-refractivity contribution in [3.8, 4) is 22.8 Å². The Morgan fingerprint density at radius 2 is 2.10 bits per heavy atom. The van der Waals surface area contributed by atoms with Gasteiger partial charge in [-0.25, -0.2) is 0 Å². The van der Waals surface area contributed by atoms with Crippen LogP contribution in [-0.2, 0) is 0 Å². The van der Waals surface area contributed by atoms with Gasteiger partial charge in [0.25, 0.3) is 5.89 Å². The highest BCUT2D eigenvalue weighted by atomic mass is 79.9. The van der Waals surface area contributed by atoms with Crippen LogP contribution in [0.4, 0.5) is 5.69 Å². The zero-order valence-electron chi connectivity index (χ0n) is 10.7. The number of rotatable bonds is 2. The number of anilines is 1. The molecule has 0 aliphatic rings. The first-order valence-corrected chi connectivity index (χ1v) is 6.74. The van der Waals surface area contributed by atoms with Crippen molar-refractivity contribution in [2.24, 2.45) is 0 Å². The lowest BCUT2D eigenvalue weighted by Crippen LogP contribution is -1.88. The zero-order valence-corrected chi connectivity index (χ0v) is 12.3. The number of nitrogens with zero attached hydrogens (tertiary/aromatic N) is 3. The number of aromatic nitrogens is 3. The fourth-order valence-electron chi connectivity index (χ4n) is 1.81. The predicted molar refractivity (Wildman–Crippen MR) is 79.8 cm³/mol. The lowest BCUT2D eigenvalue weighted by atomic mass is 10.1. The van der Waals surface area contributed by atoms with Crippen LogP contribution in [0.15, 0.2) is 45.7 Å². The van der Waals surface area contributed by atoms with Gasteiger partial charge in [-0.3, -0.25) is 4.98 Å². The summed E-state index contributed by atoms with van der Waals surface area (Å²) in [5.74, 6) is 0.975. The summed E-state index contributed by atoms with van der Waals surface area (Å²) < 4.78 is 6.10. The van der Waals surface area contributed by atoms with E-state index in [9.17, 15) is 0 Å². The van der Waals surface area contributed by atoms with E-state index in [4.69, 9.17) is 10.3 Å². The first kappa shape index (κ1) is 12.8. The maximum Gasteiger partial charge on any atom is 0.258 e. The van der Waals surface area contributed by atoms with Gasteiger partial charge in [0.2, 0.25) is 5.82 Å². The first-order chi connectivity index (χ1) is 9.65. The number of aryl methyl sites for hydroxylation is 1. The van der Waals surface area contributed by atoms with Gasteiger partial charge in [0, 0.05) is 33.7 Å². The van der Waals surface area contributed by atoms with Crippen LogP contribution in [0.2, 0.25) is 0 Å². The average molecular weight is 331 g/mol. The molecule has 0 saturated heterocycles. The molecule has 0 bridgehead atoms. The number of benzene rings is 1. The van der Waals surface area contributed by atoms with Gasteiger partial charge in [-0.2, -0.15) is 4.98 Å². The Morgan fingerprint density at radius 1 is 1.25 bits per heavy atom. The van der Waals surface area contributed by atoms with E-state index in [2.05, 4.69) is 31.1 Å². The SMILES string of the molecule is Cc1ccncc1-c1noc(-c2ccc(N)c(Br)c2)n1. The van der Waals surface area contributed by atoms with E-state index in [1.165, 1.54) is 0 Å². The minimum Gasteiger partial charge on any atom is -0.398 e. The lowest BCUT2D eigenvalue weighted by molar-refractivity contribution is 0.432. The van der Waals surface area contributed by atoms with Crippen molar-refractivity contribution in [3.63, 3.8) is 0 Å². The van der Waals surface area contributed by atoms with Crippen LogP contribution in [0.25, 0.3) is 22.8 Å². The van der Waals surface area contributed by atoms with Crippen LogP contribution in [0, 0.1) is 6.92 Å². The molecule has 2 aromatic heterocycles. The van der Waals surface area contributed by atoms with Crippen LogP contribution in [0.5, 0.6) is 0 Å². The minimum atomic E-state index is 0.448. The summed E-state index contributed by atoms with van der Waals surface area (Å²) in [6.07, 6.45) is 3.46. The topological polar surface area (TPSA) is 77.8 Å². The summed E-state index contributed by atoms with van der Waals surface area (Å²) >= 11 is 3.38. The molecule has 0 radical (unpaired) electrons. The van der Waals surface area contributed by atoms with Crippen LogP contribution < -0.4 is 5.73 Å². The molecule has 0 saturated carbocycles. The monoisotopic (exact) mass is 330 g/mol. The second-order valence-corrected chi connectivity index (χ2v) is 5.20. The number of halogens is 1. The van der Waals surface area contributed by atoms with Gasteiger partial charge in [0.15, 0.2) is 0 Å². The molecule has 0 atom stereocenters. The molecule has 0 fully saturated rings. The highest BCUT2D eigenvalue weighted by Crippen LogP contribution is 2.28. The number of pyridine rings is 1. The van der Waals surface area contributed by atoms with Crippen molar-refractivity contribution in [2.45, 2.75) is 6.92 Å². The van der Waals surface area contributed by atoms with Crippen molar-refractivity contribution in [1.82, 2.24) is 15.1 Å². The van der Waals surface area contributed by atoms with Gasteiger partial charge in [-0.05, 0) is 52.7 Å². The molecule has 5 nitrogen and oxygen atoms in total. The lowest BCUT2D eigenvalue weighted by Gasteiger charge is -1.99. The molecule has 100 valence electrons. The molecule has 3 rings (SSSR count). The van der Waals surface area contributed by atoms with E-state index >= 15 is 0 Å². The summed E-state index contributed by atoms with van der Waals surface area (Å²) in [5.41, 5.74) is 9.14. The van der Waals surface area contributed by atoms with Crippen molar-refractivity contribution < 1.29 is 4.52 Å². The van der Waals surface area contributed by atoms with E-state index < -0.39 is 0 Å². The Bertz CT molecular complexity index is 769. The number of nitrogens with two attached hydrogens (primary N) is 1. The zero-order chi connectivity index (χ0) is 14.1. The van der Waals surface area contributed by atoms with Crippen molar-refractivity contribution >= 4 is 21.6 Å². The summed E-state index contributed by atoms with van der Waals surface area (Å²) in [4.78, 5) is 8.49. The Morgan fingerprint density at radius 3 is 2.85 bits per heavy atom. The van der Waals surface area contributed by atoms with Gasteiger partial charge in [-0.1, -0.05) is 5.16 Å². The summed E-state index contributed by atoms with van der Waals surface area (Å²) in [6, 6.07) is 7.39. The van der Waals surface area contributed by atoms with Gasteiger partial charge >= 0.3 is 0 Å². The Kier molecular flexibility index (Phi) is 3.23. The van der Waals surface area contributed by atoms with E-state index in [0.29, 0.717) is 17.4 Å². The fourth-order valence-corrected chi connectivity index (χ4v) is 2.19. The molecule has 0 aliphatic carbocycles. The maximum absolute atomic E-state index is 5.76. The number of hydrogen-bond acceptors (Lipinski definition) is 5. The fraction of sp³-hybridized carbons (Fsp3) is 0.0714. The van der Waals surface area contributed by atoms with Gasteiger partial charge in [-0.15, -0.1) is 0 Å². The quantitative estimate of drug-likeness (QED) is 0.728. The maximum atomic E-state index is 5.76. The molecule has 0 amide bonds. The Balaban J connectivity index is 2.02. The second kappa shape index (κ2) is 5.05. The second-order valence-electron chi connectivity index (χ2n) is 4.35. The largest absolute Gasteiger partial charge is 0.398 e. The molecule has 20 heavy (non-hydrogen) atoms. The summed E-state index contributed by atoms with van der Waals surface area (Å²) in [7, 11) is 0. The van der Waals surface area contributed by atoms with E-state index in [-0.39, 0.29) is 0 Å². The molecule has 2 N–H and O–H groups in total. The van der Waals surface area contributed by atoms with Gasteiger partial charge < -0.3 is 10.3 Å². The van der Waals surface area contributed by atoms with Gasteiger partial charge in [0.05, 0.1) is 0 Å². The average Bonchev–Trinajstić information content (AvgIpc) is 2.92. The molecular weight excluding hydrogens is 320 g/mol. The van der Waals surface area contributed by atoms with Crippen LogP contribution in [0.3, 0.4) is 0 Å². The minimum absolute atomic E-state index is 0.448. The van der Waals surface area contributed by atoms with Crippen molar-refractivity contribution in [3.05, 3.63) is 46.7 Å². The van der Waals surface area contributed by atoms with E-state index in [0.717, 1.165) is 21.2 Å². The molecule has 0 spiro atoms. The molecular formula is C14H11BrN4O. The third kappa shape index (κ3) is 2.30. The molecule has 3 aromatic rings. The van der Waals surface area contributed by atoms with Crippen molar-refractivity contribution in [1.29, 1.82) is 0 Å². The third-order valence-electron chi connectivity index (χ3n) is 2.95.